The van der Waals surface area contributed by atoms with Crippen LogP contribution in [-0.4, -0.2) is 27.9 Å². The maximum Gasteiger partial charge on any atom is 0.251 e. The Morgan fingerprint density at radius 3 is 2.40 bits per heavy atom. The summed E-state index contributed by atoms with van der Waals surface area (Å²) in [7, 11) is -2.22. The van der Waals surface area contributed by atoms with Gasteiger partial charge in [-0.2, -0.15) is 0 Å². The van der Waals surface area contributed by atoms with Crippen LogP contribution in [-0.2, 0) is 15.4 Å². The van der Waals surface area contributed by atoms with Gasteiger partial charge in [0.15, 0.2) is 0 Å². The van der Waals surface area contributed by atoms with Crippen LogP contribution >= 0.6 is 0 Å². The zero-order chi connectivity index (χ0) is 18.1. The topological polar surface area (TPSA) is 75.3 Å². The first kappa shape index (κ1) is 17.6. The van der Waals surface area contributed by atoms with Crippen molar-refractivity contribution >= 4 is 15.9 Å². The van der Waals surface area contributed by atoms with Crippen LogP contribution in [0.5, 0.6) is 0 Å². The van der Waals surface area contributed by atoms with Crippen LogP contribution in [0.2, 0.25) is 0 Å². The van der Waals surface area contributed by atoms with Gasteiger partial charge in [0.05, 0.1) is 4.90 Å². The van der Waals surface area contributed by atoms with Gasteiger partial charge in [0.1, 0.15) is 0 Å². The van der Waals surface area contributed by atoms with Gasteiger partial charge in [-0.05, 0) is 50.1 Å². The summed E-state index contributed by atoms with van der Waals surface area (Å²) in [5, 5.41) is 2.98. The lowest BCUT2D eigenvalue weighted by molar-refractivity contribution is 0.0949. The van der Waals surface area contributed by atoms with E-state index >= 15 is 0 Å². The standard InChI is InChI=1S/C19H22N2O3S/c1-14-8-9-16(25(23,24)20-2)12-17(14)18(22)21-13-19(10-11-19)15-6-4-3-5-7-15/h3-9,12,20H,10-11,13H2,1-2H3,(H,21,22). The first-order valence-electron chi connectivity index (χ1n) is 8.26. The van der Waals surface area contributed by atoms with E-state index in [-0.39, 0.29) is 16.2 Å². The highest BCUT2D eigenvalue weighted by molar-refractivity contribution is 7.89. The maximum atomic E-state index is 12.6. The van der Waals surface area contributed by atoms with Crippen molar-refractivity contribution in [1.29, 1.82) is 0 Å². The van der Waals surface area contributed by atoms with Crippen LogP contribution in [0.25, 0.3) is 0 Å². The van der Waals surface area contributed by atoms with Crippen LogP contribution in [0, 0.1) is 6.92 Å². The molecule has 1 aliphatic carbocycles. The van der Waals surface area contributed by atoms with E-state index in [1.54, 1.807) is 13.0 Å². The third-order valence-corrected chi connectivity index (χ3v) is 6.27. The quantitative estimate of drug-likeness (QED) is 0.832. The number of aryl methyl sites for hydroxylation is 1. The number of hydrogen-bond acceptors (Lipinski definition) is 3. The van der Waals surface area contributed by atoms with Crippen molar-refractivity contribution in [2.75, 3.05) is 13.6 Å². The minimum atomic E-state index is -3.57. The van der Waals surface area contributed by atoms with E-state index in [0.717, 1.165) is 18.4 Å². The average molecular weight is 358 g/mol. The fourth-order valence-electron chi connectivity index (χ4n) is 2.99. The molecule has 0 spiro atoms. The molecule has 0 atom stereocenters. The largest absolute Gasteiger partial charge is 0.351 e. The summed E-state index contributed by atoms with van der Waals surface area (Å²) < 4.78 is 26.2. The summed E-state index contributed by atoms with van der Waals surface area (Å²) >= 11 is 0. The van der Waals surface area contributed by atoms with E-state index in [1.165, 1.54) is 24.7 Å². The molecule has 2 N–H and O–H groups in total. The molecule has 1 saturated carbocycles. The Balaban J connectivity index is 1.77. The number of amides is 1. The number of sulfonamides is 1. The van der Waals surface area contributed by atoms with Crippen molar-refractivity contribution in [3.63, 3.8) is 0 Å². The van der Waals surface area contributed by atoms with Gasteiger partial charge in [-0.15, -0.1) is 0 Å². The maximum absolute atomic E-state index is 12.6. The Hall–Kier alpha value is -2.18. The second kappa shape index (κ2) is 6.61. The zero-order valence-electron chi connectivity index (χ0n) is 14.4. The molecule has 0 saturated heterocycles. The van der Waals surface area contributed by atoms with Gasteiger partial charge >= 0.3 is 0 Å². The average Bonchev–Trinajstić information content (AvgIpc) is 3.42. The number of benzene rings is 2. The van der Waals surface area contributed by atoms with Crippen molar-refractivity contribution < 1.29 is 13.2 Å². The molecule has 6 heteroatoms. The van der Waals surface area contributed by atoms with Crippen LogP contribution < -0.4 is 10.0 Å². The smallest absolute Gasteiger partial charge is 0.251 e. The highest BCUT2D eigenvalue weighted by Gasteiger charge is 2.44. The van der Waals surface area contributed by atoms with Gasteiger partial charge in [0.2, 0.25) is 10.0 Å². The van der Waals surface area contributed by atoms with E-state index in [9.17, 15) is 13.2 Å². The second-order valence-electron chi connectivity index (χ2n) is 6.51. The number of carbonyl (C=O) groups is 1. The fourth-order valence-corrected chi connectivity index (χ4v) is 3.74. The number of nitrogens with one attached hydrogen (secondary N) is 2. The molecule has 132 valence electrons. The molecule has 0 aliphatic heterocycles. The van der Waals surface area contributed by atoms with E-state index < -0.39 is 10.0 Å². The van der Waals surface area contributed by atoms with Crippen molar-refractivity contribution in [3.8, 4) is 0 Å². The summed E-state index contributed by atoms with van der Waals surface area (Å²) in [6.45, 7) is 2.35. The van der Waals surface area contributed by atoms with Crippen LogP contribution in [0.1, 0.15) is 34.3 Å². The Morgan fingerprint density at radius 1 is 1.12 bits per heavy atom. The molecule has 3 rings (SSSR count). The molecule has 0 unspecified atom stereocenters. The molecule has 2 aromatic carbocycles. The van der Waals surface area contributed by atoms with Crippen LogP contribution in [0.3, 0.4) is 0 Å². The highest BCUT2D eigenvalue weighted by atomic mass is 32.2. The molecule has 5 nitrogen and oxygen atoms in total. The molecule has 0 bridgehead atoms. The summed E-state index contributed by atoms with van der Waals surface area (Å²) in [5.74, 6) is -0.243. The van der Waals surface area contributed by atoms with Gasteiger partial charge < -0.3 is 5.32 Å². The molecule has 1 aliphatic rings. The fraction of sp³-hybridized carbons (Fsp3) is 0.316. The minimum absolute atomic E-state index is 0.0134. The molecule has 1 amide bonds. The molecule has 0 heterocycles. The zero-order valence-corrected chi connectivity index (χ0v) is 15.2. The monoisotopic (exact) mass is 358 g/mol. The Kier molecular flexibility index (Phi) is 4.67. The molecule has 1 fully saturated rings. The van der Waals surface area contributed by atoms with Crippen molar-refractivity contribution in [2.24, 2.45) is 0 Å². The van der Waals surface area contributed by atoms with Gasteiger partial charge in [-0.25, -0.2) is 13.1 Å². The summed E-state index contributed by atoms with van der Waals surface area (Å²) in [6, 6.07) is 14.8. The van der Waals surface area contributed by atoms with E-state index in [2.05, 4.69) is 22.2 Å². The lowest BCUT2D eigenvalue weighted by Crippen LogP contribution is -2.32. The third-order valence-electron chi connectivity index (χ3n) is 4.86. The van der Waals surface area contributed by atoms with Crippen LogP contribution in [0.15, 0.2) is 53.4 Å². The Labute approximate surface area is 148 Å². The molecule has 2 aromatic rings. The van der Waals surface area contributed by atoms with Gasteiger partial charge in [-0.1, -0.05) is 36.4 Å². The Bertz CT molecular complexity index is 888. The second-order valence-corrected chi connectivity index (χ2v) is 8.40. The molecular formula is C19H22N2O3S. The minimum Gasteiger partial charge on any atom is -0.351 e. The van der Waals surface area contributed by atoms with E-state index in [4.69, 9.17) is 0 Å². The van der Waals surface area contributed by atoms with Gasteiger partial charge in [-0.3, -0.25) is 4.79 Å². The lowest BCUT2D eigenvalue weighted by Gasteiger charge is -2.17. The predicted octanol–water partition coefficient (Wildman–Crippen LogP) is 2.36. The van der Waals surface area contributed by atoms with Gasteiger partial charge in [0, 0.05) is 17.5 Å². The van der Waals surface area contributed by atoms with E-state index in [1.807, 2.05) is 18.2 Å². The molecule has 0 aromatic heterocycles. The molecular weight excluding hydrogens is 336 g/mol. The van der Waals surface area contributed by atoms with Gasteiger partial charge in [0.25, 0.3) is 5.91 Å². The number of hydrogen-bond donors (Lipinski definition) is 2. The van der Waals surface area contributed by atoms with Crippen molar-refractivity contribution in [1.82, 2.24) is 10.0 Å². The van der Waals surface area contributed by atoms with Crippen molar-refractivity contribution in [3.05, 3.63) is 65.2 Å². The lowest BCUT2D eigenvalue weighted by atomic mass is 9.96. The molecule has 0 radical (unpaired) electrons. The van der Waals surface area contributed by atoms with Crippen LogP contribution in [0.4, 0.5) is 0 Å². The summed E-state index contributed by atoms with van der Waals surface area (Å²) in [6.07, 6.45) is 2.09. The Morgan fingerprint density at radius 2 is 1.80 bits per heavy atom. The van der Waals surface area contributed by atoms with Crippen molar-refractivity contribution in [2.45, 2.75) is 30.1 Å². The number of rotatable bonds is 6. The third kappa shape index (κ3) is 3.60. The highest BCUT2D eigenvalue weighted by Crippen LogP contribution is 2.47. The number of carbonyl (C=O) groups excluding carboxylic acids is 1. The molecule has 25 heavy (non-hydrogen) atoms. The first-order valence-corrected chi connectivity index (χ1v) is 9.74. The normalized spacial score (nSPS) is 15.6. The summed E-state index contributed by atoms with van der Waals surface area (Å²) in [5.41, 5.74) is 2.38. The summed E-state index contributed by atoms with van der Waals surface area (Å²) in [4.78, 5) is 12.7. The predicted molar refractivity (Wildman–Crippen MR) is 97.1 cm³/mol. The SMILES string of the molecule is CNS(=O)(=O)c1ccc(C)c(C(=O)NCC2(c3ccccc3)CC2)c1. The van der Waals surface area contributed by atoms with E-state index in [0.29, 0.717) is 12.1 Å². The first-order chi connectivity index (χ1) is 11.9.